The number of fused-ring (bicyclic) bond motifs is 1. The highest BCUT2D eigenvalue weighted by Crippen LogP contribution is 2.36. The first-order valence-electron chi connectivity index (χ1n) is 10.8. The third-order valence-electron chi connectivity index (χ3n) is 6.94. The van der Waals surface area contributed by atoms with Crippen molar-refractivity contribution in [3.8, 4) is 5.75 Å². The summed E-state index contributed by atoms with van der Waals surface area (Å²) >= 11 is 0. The van der Waals surface area contributed by atoms with Crippen molar-refractivity contribution >= 4 is 16.8 Å². The van der Waals surface area contributed by atoms with Gasteiger partial charge in [-0.1, -0.05) is 25.3 Å². The fourth-order valence-electron chi connectivity index (χ4n) is 5.05. The molecule has 1 amide bonds. The molecule has 2 saturated carbocycles. The molecule has 1 aliphatic heterocycles. The van der Waals surface area contributed by atoms with Crippen molar-refractivity contribution in [1.82, 2.24) is 9.47 Å². The summed E-state index contributed by atoms with van der Waals surface area (Å²) in [7, 11) is 0. The Morgan fingerprint density at radius 2 is 1.70 bits per heavy atom. The lowest BCUT2D eigenvalue weighted by Gasteiger charge is -2.36. The van der Waals surface area contributed by atoms with Crippen molar-refractivity contribution in [3.05, 3.63) is 30.5 Å². The molecule has 4 heteroatoms. The van der Waals surface area contributed by atoms with Gasteiger partial charge in [0.2, 0.25) is 5.91 Å². The second kappa shape index (κ2) is 7.21. The lowest BCUT2D eigenvalue weighted by molar-refractivity contribution is -0.140. The van der Waals surface area contributed by atoms with Crippen molar-refractivity contribution in [3.63, 3.8) is 0 Å². The molecule has 2 heterocycles. The number of likely N-dealkylation sites (tertiary alicyclic amines) is 1. The van der Waals surface area contributed by atoms with Gasteiger partial charge >= 0.3 is 0 Å². The van der Waals surface area contributed by atoms with Gasteiger partial charge in [0.05, 0.1) is 5.52 Å². The van der Waals surface area contributed by atoms with Gasteiger partial charge in [0.15, 0.2) is 0 Å². The van der Waals surface area contributed by atoms with E-state index in [9.17, 15) is 4.79 Å². The first kappa shape index (κ1) is 17.2. The first-order valence-corrected chi connectivity index (χ1v) is 10.8. The van der Waals surface area contributed by atoms with E-state index in [-0.39, 0.29) is 6.10 Å². The zero-order valence-electron chi connectivity index (χ0n) is 16.1. The Bertz CT molecular complexity index is 809. The topological polar surface area (TPSA) is 34.5 Å². The highest BCUT2D eigenvalue weighted by molar-refractivity contribution is 5.86. The normalized spacial score (nSPS) is 22.3. The molecule has 2 aromatic rings. The third kappa shape index (κ3) is 3.24. The molecule has 4 nitrogen and oxygen atoms in total. The largest absolute Gasteiger partial charge is 0.490 e. The van der Waals surface area contributed by atoms with E-state index < -0.39 is 0 Å². The predicted molar refractivity (Wildman–Crippen MR) is 107 cm³/mol. The predicted octanol–water partition coefficient (Wildman–Crippen LogP) is 4.93. The Balaban J connectivity index is 1.26. The van der Waals surface area contributed by atoms with Gasteiger partial charge < -0.3 is 14.2 Å². The van der Waals surface area contributed by atoms with Gasteiger partial charge in [0.25, 0.3) is 0 Å². The third-order valence-corrected chi connectivity index (χ3v) is 6.94. The first-order chi connectivity index (χ1) is 13.3. The lowest BCUT2D eigenvalue weighted by Crippen LogP contribution is -2.45. The summed E-state index contributed by atoms with van der Waals surface area (Å²) in [5, 5.41) is 1.23. The molecule has 1 aromatic carbocycles. The maximum atomic E-state index is 12.4. The Morgan fingerprint density at radius 3 is 2.41 bits per heavy atom. The van der Waals surface area contributed by atoms with Crippen molar-refractivity contribution in [2.24, 2.45) is 5.92 Å². The summed E-state index contributed by atoms with van der Waals surface area (Å²) in [5.74, 6) is 1.70. The van der Waals surface area contributed by atoms with Crippen LogP contribution in [0.4, 0.5) is 0 Å². The Kier molecular flexibility index (Phi) is 4.58. The van der Waals surface area contributed by atoms with Gasteiger partial charge in [-0.05, 0) is 43.9 Å². The summed E-state index contributed by atoms with van der Waals surface area (Å²) in [6.45, 7) is 1.69. The number of benzene rings is 1. The number of piperidine rings is 1. The smallest absolute Gasteiger partial charge is 0.225 e. The number of rotatable bonds is 4. The number of amides is 1. The minimum absolute atomic E-state index is 0.218. The van der Waals surface area contributed by atoms with Crippen LogP contribution in [-0.4, -0.2) is 34.6 Å². The molecule has 3 aliphatic rings. The van der Waals surface area contributed by atoms with Crippen LogP contribution in [0.2, 0.25) is 0 Å². The van der Waals surface area contributed by atoms with Crippen LogP contribution in [0.25, 0.3) is 10.9 Å². The second-order valence-corrected chi connectivity index (χ2v) is 8.62. The second-order valence-electron chi connectivity index (χ2n) is 8.62. The number of carbonyl (C=O) groups excluding carboxylic acids is 1. The van der Waals surface area contributed by atoms with Crippen LogP contribution in [-0.2, 0) is 4.79 Å². The molecule has 0 radical (unpaired) electrons. The van der Waals surface area contributed by atoms with Crippen LogP contribution in [0, 0.1) is 5.92 Å². The Labute approximate surface area is 161 Å². The number of carbonyl (C=O) groups is 1. The van der Waals surface area contributed by atoms with E-state index in [2.05, 4.69) is 39.9 Å². The number of nitrogens with zero attached hydrogens (tertiary/aromatic N) is 2. The van der Waals surface area contributed by atoms with Gasteiger partial charge in [-0.15, -0.1) is 0 Å². The molecule has 0 bridgehead atoms. The van der Waals surface area contributed by atoms with E-state index in [1.165, 1.54) is 43.0 Å². The fraction of sp³-hybridized carbons (Fsp3) is 0.609. The molecule has 0 spiro atoms. The van der Waals surface area contributed by atoms with Crippen molar-refractivity contribution < 1.29 is 9.53 Å². The van der Waals surface area contributed by atoms with E-state index in [1.54, 1.807) is 0 Å². The highest BCUT2D eigenvalue weighted by atomic mass is 16.5. The molecule has 0 N–H and O–H groups in total. The summed E-state index contributed by atoms with van der Waals surface area (Å²) in [6, 6.07) is 9.32. The lowest BCUT2D eigenvalue weighted by atomic mass is 9.84. The molecule has 27 heavy (non-hydrogen) atoms. The fourth-order valence-corrected chi connectivity index (χ4v) is 5.05. The molecule has 0 unspecified atom stereocenters. The maximum Gasteiger partial charge on any atom is 0.225 e. The van der Waals surface area contributed by atoms with Gasteiger partial charge in [0, 0.05) is 49.5 Å². The van der Waals surface area contributed by atoms with E-state index in [1.807, 2.05) is 0 Å². The van der Waals surface area contributed by atoms with Crippen molar-refractivity contribution in [2.75, 3.05) is 13.1 Å². The van der Waals surface area contributed by atoms with Crippen LogP contribution < -0.4 is 4.74 Å². The molecular weight excluding hydrogens is 336 g/mol. The molecule has 0 atom stereocenters. The average molecular weight is 367 g/mol. The summed E-state index contributed by atoms with van der Waals surface area (Å²) in [5.41, 5.74) is 1.30. The minimum atomic E-state index is 0.218. The van der Waals surface area contributed by atoms with E-state index in [0.29, 0.717) is 17.9 Å². The van der Waals surface area contributed by atoms with E-state index in [0.717, 1.165) is 44.5 Å². The number of aromatic nitrogens is 1. The molecule has 5 rings (SSSR count). The van der Waals surface area contributed by atoms with Crippen molar-refractivity contribution in [1.29, 1.82) is 0 Å². The van der Waals surface area contributed by atoms with E-state index >= 15 is 0 Å². The molecule has 1 aromatic heterocycles. The quantitative estimate of drug-likeness (QED) is 0.769. The van der Waals surface area contributed by atoms with Gasteiger partial charge in [-0.3, -0.25) is 4.79 Å². The molecule has 3 fully saturated rings. The zero-order valence-corrected chi connectivity index (χ0v) is 16.1. The Morgan fingerprint density at radius 1 is 0.926 bits per heavy atom. The molecule has 144 valence electrons. The van der Waals surface area contributed by atoms with Crippen LogP contribution in [0.3, 0.4) is 0 Å². The van der Waals surface area contributed by atoms with Crippen LogP contribution >= 0.6 is 0 Å². The van der Waals surface area contributed by atoms with Gasteiger partial charge in [-0.2, -0.15) is 0 Å². The average Bonchev–Trinajstić information content (AvgIpc) is 3.30. The molecular formula is C23H30N2O2. The van der Waals surface area contributed by atoms with Crippen LogP contribution in [0.5, 0.6) is 5.75 Å². The Hall–Kier alpha value is -1.97. The summed E-state index contributed by atoms with van der Waals surface area (Å²) in [4.78, 5) is 14.5. The van der Waals surface area contributed by atoms with Crippen LogP contribution in [0.15, 0.2) is 30.5 Å². The molecule has 1 saturated heterocycles. The van der Waals surface area contributed by atoms with E-state index in [4.69, 9.17) is 4.74 Å². The number of hydrogen-bond acceptors (Lipinski definition) is 2. The minimum Gasteiger partial charge on any atom is -0.490 e. The summed E-state index contributed by atoms with van der Waals surface area (Å²) < 4.78 is 8.88. The molecule has 2 aliphatic carbocycles. The number of ether oxygens (including phenoxy) is 1. The highest BCUT2D eigenvalue weighted by Gasteiger charge is 2.32. The SMILES string of the molecule is O=C(C1CCC1)N1CCC(Oc2cccc3c2ccn3C2CCCC2)CC1. The standard InChI is InChI=1S/C23H30N2O2/c26-23(17-5-3-6-17)24-14-11-19(12-15-24)27-22-10-4-9-21-20(22)13-16-25(21)18-7-1-2-8-18/h4,9-10,13,16-19H,1-3,5-8,11-12,14-15H2. The summed E-state index contributed by atoms with van der Waals surface area (Å²) in [6.07, 6.45) is 13.0. The van der Waals surface area contributed by atoms with Crippen molar-refractivity contribution in [2.45, 2.75) is 69.9 Å². The van der Waals surface area contributed by atoms with Gasteiger partial charge in [0.1, 0.15) is 11.9 Å². The zero-order chi connectivity index (χ0) is 18.2. The monoisotopic (exact) mass is 366 g/mol. The number of hydrogen-bond donors (Lipinski definition) is 0. The van der Waals surface area contributed by atoms with Gasteiger partial charge in [-0.25, -0.2) is 0 Å². The van der Waals surface area contributed by atoms with Crippen LogP contribution in [0.1, 0.15) is 63.8 Å². The maximum absolute atomic E-state index is 12.4.